The highest BCUT2D eigenvalue weighted by atomic mass is 16.5. The topological polar surface area (TPSA) is 65.4 Å². The van der Waals surface area contributed by atoms with E-state index in [0.717, 1.165) is 30.5 Å². The first kappa shape index (κ1) is 10.5. The number of ether oxygens (including phenoxy) is 1. The monoisotopic (exact) mass is 232 g/mol. The molecule has 3 rings (SSSR count). The third kappa shape index (κ3) is 1.86. The molecule has 5 nitrogen and oxygen atoms in total. The standard InChI is InChI=1S/C12H16N4O/c1-8-7-10-12(14-5-6-16(10)15-8)17-11-4-2-3-9(11)13/h5-7,9,11H,2-4,13H2,1H3. The van der Waals surface area contributed by atoms with Crippen molar-refractivity contribution in [2.24, 2.45) is 5.73 Å². The number of hydrogen-bond donors (Lipinski definition) is 1. The molecule has 0 spiro atoms. The van der Waals surface area contributed by atoms with Crippen LogP contribution in [0.25, 0.3) is 5.52 Å². The van der Waals surface area contributed by atoms with Gasteiger partial charge in [0.05, 0.1) is 5.69 Å². The minimum Gasteiger partial charge on any atom is -0.471 e. The first-order valence-electron chi connectivity index (χ1n) is 5.97. The molecule has 2 aromatic heterocycles. The molecule has 0 aliphatic heterocycles. The van der Waals surface area contributed by atoms with E-state index < -0.39 is 0 Å². The van der Waals surface area contributed by atoms with Gasteiger partial charge in [-0.1, -0.05) is 0 Å². The van der Waals surface area contributed by atoms with E-state index in [0.29, 0.717) is 5.88 Å². The Balaban J connectivity index is 1.94. The zero-order valence-corrected chi connectivity index (χ0v) is 9.84. The van der Waals surface area contributed by atoms with Crippen LogP contribution >= 0.6 is 0 Å². The van der Waals surface area contributed by atoms with Gasteiger partial charge in [0.1, 0.15) is 11.6 Å². The van der Waals surface area contributed by atoms with Crippen LogP contribution in [0, 0.1) is 6.92 Å². The molecule has 17 heavy (non-hydrogen) atoms. The maximum atomic E-state index is 6.00. The zero-order chi connectivity index (χ0) is 11.8. The number of aromatic nitrogens is 3. The van der Waals surface area contributed by atoms with Crippen molar-refractivity contribution in [1.29, 1.82) is 0 Å². The Bertz CT molecular complexity index is 536. The van der Waals surface area contributed by atoms with Crippen LogP contribution in [0.3, 0.4) is 0 Å². The average molecular weight is 232 g/mol. The predicted molar refractivity (Wildman–Crippen MR) is 64.0 cm³/mol. The SMILES string of the molecule is Cc1cc2c(OC3CCCC3N)nccn2n1. The summed E-state index contributed by atoms with van der Waals surface area (Å²) in [5.41, 5.74) is 7.86. The number of nitrogens with two attached hydrogens (primary N) is 1. The molecule has 5 heteroatoms. The number of rotatable bonds is 2. The lowest BCUT2D eigenvalue weighted by atomic mass is 10.2. The summed E-state index contributed by atoms with van der Waals surface area (Å²) in [5, 5.41) is 4.33. The van der Waals surface area contributed by atoms with Crippen LogP contribution in [-0.4, -0.2) is 26.7 Å². The van der Waals surface area contributed by atoms with E-state index >= 15 is 0 Å². The van der Waals surface area contributed by atoms with Crippen molar-refractivity contribution in [2.75, 3.05) is 0 Å². The summed E-state index contributed by atoms with van der Waals surface area (Å²) in [5.74, 6) is 0.635. The summed E-state index contributed by atoms with van der Waals surface area (Å²) in [7, 11) is 0. The van der Waals surface area contributed by atoms with Gasteiger partial charge in [0.2, 0.25) is 5.88 Å². The summed E-state index contributed by atoms with van der Waals surface area (Å²) in [4.78, 5) is 4.28. The van der Waals surface area contributed by atoms with Gasteiger partial charge < -0.3 is 10.5 Å². The molecule has 2 unspecified atom stereocenters. The van der Waals surface area contributed by atoms with E-state index in [1.165, 1.54) is 0 Å². The fourth-order valence-electron chi connectivity index (χ4n) is 2.36. The van der Waals surface area contributed by atoms with Crippen molar-refractivity contribution in [2.45, 2.75) is 38.3 Å². The van der Waals surface area contributed by atoms with Crippen LogP contribution in [-0.2, 0) is 0 Å². The molecule has 2 heterocycles. The second-order valence-corrected chi connectivity index (χ2v) is 4.60. The Hall–Kier alpha value is -1.62. The summed E-state index contributed by atoms with van der Waals surface area (Å²) in [6.45, 7) is 1.96. The Kier molecular flexibility index (Phi) is 2.48. The molecule has 1 aliphatic rings. The van der Waals surface area contributed by atoms with E-state index in [4.69, 9.17) is 10.5 Å². The summed E-state index contributed by atoms with van der Waals surface area (Å²) in [6, 6.07) is 2.10. The second kappa shape index (κ2) is 4.00. The van der Waals surface area contributed by atoms with Crippen LogP contribution in [0.4, 0.5) is 0 Å². The maximum absolute atomic E-state index is 6.00. The van der Waals surface area contributed by atoms with Crippen LogP contribution in [0.5, 0.6) is 5.88 Å². The maximum Gasteiger partial charge on any atom is 0.240 e. The van der Waals surface area contributed by atoms with Gasteiger partial charge in [0.15, 0.2) is 0 Å². The molecule has 0 saturated heterocycles. The highest BCUT2D eigenvalue weighted by Crippen LogP contribution is 2.25. The van der Waals surface area contributed by atoms with Crippen LogP contribution in [0.1, 0.15) is 25.0 Å². The Labute approximate surface area is 99.6 Å². The van der Waals surface area contributed by atoms with Gasteiger partial charge in [0, 0.05) is 18.4 Å². The van der Waals surface area contributed by atoms with Gasteiger partial charge in [-0.15, -0.1) is 0 Å². The Morgan fingerprint density at radius 3 is 3.12 bits per heavy atom. The first-order valence-corrected chi connectivity index (χ1v) is 5.97. The van der Waals surface area contributed by atoms with Crippen molar-refractivity contribution in [3.63, 3.8) is 0 Å². The lowest BCUT2D eigenvalue weighted by Crippen LogP contribution is -2.33. The van der Waals surface area contributed by atoms with Crippen LogP contribution in [0.15, 0.2) is 18.5 Å². The van der Waals surface area contributed by atoms with Crippen molar-refractivity contribution in [3.8, 4) is 5.88 Å². The van der Waals surface area contributed by atoms with Gasteiger partial charge in [0.25, 0.3) is 0 Å². The fourth-order valence-corrected chi connectivity index (χ4v) is 2.36. The Morgan fingerprint density at radius 2 is 2.35 bits per heavy atom. The molecule has 1 fully saturated rings. The molecule has 1 aliphatic carbocycles. The highest BCUT2D eigenvalue weighted by molar-refractivity contribution is 5.56. The first-order chi connectivity index (χ1) is 8.24. The number of aryl methyl sites for hydroxylation is 1. The van der Waals surface area contributed by atoms with Crippen molar-refractivity contribution in [3.05, 3.63) is 24.2 Å². The van der Waals surface area contributed by atoms with Crippen molar-refractivity contribution >= 4 is 5.52 Å². The van der Waals surface area contributed by atoms with Crippen molar-refractivity contribution in [1.82, 2.24) is 14.6 Å². The van der Waals surface area contributed by atoms with Crippen molar-refractivity contribution < 1.29 is 4.74 Å². The van der Waals surface area contributed by atoms with Gasteiger partial charge in [-0.2, -0.15) is 5.10 Å². The quantitative estimate of drug-likeness (QED) is 0.847. The molecule has 1 saturated carbocycles. The lowest BCUT2D eigenvalue weighted by Gasteiger charge is -2.17. The van der Waals surface area contributed by atoms with Crippen LogP contribution in [0.2, 0.25) is 0 Å². The predicted octanol–water partition coefficient (Wildman–Crippen LogP) is 1.30. The summed E-state index contributed by atoms with van der Waals surface area (Å²) < 4.78 is 7.71. The van der Waals surface area contributed by atoms with E-state index in [-0.39, 0.29) is 12.1 Å². The molecule has 90 valence electrons. The van der Waals surface area contributed by atoms with Gasteiger partial charge >= 0.3 is 0 Å². The lowest BCUT2D eigenvalue weighted by molar-refractivity contribution is 0.185. The number of hydrogen-bond acceptors (Lipinski definition) is 4. The molecule has 2 aromatic rings. The van der Waals surface area contributed by atoms with Crippen LogP contribution < -0.4 is 10.5 Å². The van der Waals surface area contributed by atoms with E-state index in [9.17, 15) is 0 Å². The average Bonchev–Trinajstić information content (AvgIpc) is 2.85. The molecule has 0 aromatic carbocycles. The van der Waals surface area contributed by atoms with E-state index in [1.807, 2.05) is 19.2 Å². The van der Waals surface area contributed by atoms with E-state index in [1.54, 1.807) is 10.7 Å². The smallest absolute Gasteiger partial charge is 0.240 e. The third-order valence-electron chi connectivity index (χ3n) is 3.24. The fraction of sp³-hybridized carbons (Fsp3) is 0.500. The number of fused-ring (bicyclic) bond motifs is 1. The molecular weight excluding hydrogens is 216 g/mol. The van der Waals surface area contributed by atoms with Gasteiger partial charge in [-0.3, -0.25) is 0 Å². The molecular formula is C12H16N4O. The second-order valence-electron chi connectivity index (χ2n) is 4.60. The third-order valence-corrected chi connectivity index (χ3v) is 3.24. The molecule has 0 radical (unpaired) electrons. The molecule has 2 atom stereocenters. The minimum atomic E-state index is 0.0870. The van der Waals surface area contributed by atoms with Gasteiger partial charge in [-0.05, 0) is 32.3 Å². The molecule has 2 N–H and O–H groups in total. The molecule has 0 bridgehead atoms. The largest absolute Gasteiger partial charge is 0.471 e. The zero-order valence-electron chi connectivity index (χ0n) is 9.84. The molecule has 0 amide bonds. The highest BCUT2D eigenvalue weighted by Gasteiger charge is 2.26. The number of nitrogens with zero attached hydrogens (tertiary/aromatic N) is 3. The van der Waals surface area contributed by atoms with E-state index in [2.05, 4.69) is 10.1 Å². The normalized spacial score (nSPS) is 24.4. The van der Waals surface area contributed by atoms with Gasteiger partial charge in [-0.25, -0.2) is 9.50 Å². The summed E-state index contributed by atoms with van der Waals surface area (Å²) >= 11 is 0. The Morgan fingerprint density at radius 1 is 1.47 bits per heavy atom. The summed E-state index contributed by atoms with van der Waals surface area (Å²) in [6.07, 6.45) is 6.79. The minimum absolute atomic E-state index is 0.0870.